The minimum Gasteiger partial charge on any atom is -0.356 e. The Bertz CT molecular complexity index is 555. The van der Waals surface area contributed by atoms with Gasteiger partial charge in [-0.3, -0.25) is 4.99 Å². The summed E-state index contributed by atoms with van der Waals surface area (Å²) in [4.78, 5) is 4.15. The lowest BCUT2D eigenvalue weighted by molar-refractivity contribution is -0.0496. The predicted molar refractivity (Wildman–Crippen MR) is 94.1 cm³/mol. The van der Waals surface area contributed by atoms with Crippen LogP contribution in [0, 0.1) is 5.92 Å². The summed E-state index contributed by atoms with van der Waals surface area (Å²) in [7, 11) is -3.53. The SMILES string of the molecule is CN=C(NCC1CCN(S(=O)(=O)C(F)(F)F)CC1)NCC1CCCS1. The molecule has 1 unspecified atom stereocenters. The van der Waals surface area contributed by atoms with Crippen LogP contribution in [0.3, 0.4) is 0 Å². The third kappa shape index (κ3) is 5.65. The van der Waals surface area contributed by atoms with E-state index in [-0.39, 0.29) is 19.0 Å². The van der Waals surface area contributed by atoms with Crippen molar-refractivity contribution in [2.45, 2.75) is 36.4 Å². The Morgan fingerprint density at radius 1 is 1.20 bits per heavy atom. The van der Waals surface area contributed by atoms with Crippen molar-refractivity contribution in [3.8, 4) is 0 Å². The van der Waals surface area contributed by atoms with Crippen LogP contribution in [0.15, 0.2) is 4.99 Å². The lowest BCUT2D eigenvalue weighted by Crippen LogP contribution is -2.47. The molecule has 2 saturated heterocycles. The number of hydrogen-bond acceptors (Lipinski definition) is 4. The zero-order chi connectivity index (χ0) is 18.5. The van der Waals surface area contributed by atoms with Crippen molar-refractivity contribution in [1.29, 1.82) is 0 Å². The molecule has 0 bridgehead atoms. The largest absolute Gasteiger partial charge is 0.511 e. The molecule has 1 atom stereocenters. The fraction of sp³-hybridized carbons (Fsp3) is 0.929. The Hall–Kier alpha value is -0.680. The van der Waals surface area contributed by atoms with Gasteiger partial charge in [-0.15, -0.1) is 0 Å². The number of rotatable bonds is 5. The molecule has 0 saturated carbocycles. The number of thioether (sulfide) groups is 1. The maximum absolute atomic E-state index is 12.6. The van der Waals surface area contributed by atoms with E-state index in [2.05, 4.69) is 15.6 Å². The monoisotopic (exact) mass is 402 g/mol. The van der Waals surface area contributed by atoms with E-state index in [9.17, 15) is 21.6 Å². The van der Waals surface area contributed by atoms with Gasteiger partial charge in [0.05, 0.1) is 0 Å². The van der Waals surface area contributed by atoms with Crippen molar-refractivity contribution in [2.24, 2.45) is 10.9 Å². The molecule has 0 spiro atoms. The fourth-order valence-electron chi connectivity index (χ4n) is 2.98. The van der Waals surface area contributed by atoms with Gasteiger partial charge in [0.2, 0.25) is 0 Å². The van der Waals surface area contributed by atoms with Crippen LogP contribution in [0.5, 0.6) is 0 Å². The number of guanidine groups is 1. The summed E-state index contributed by atoms with van der Waals surface area (Å²) in [5, 5.41) is 7.05. The molecule has 0 radical (unpaired) electrons. The number of nitrogens with zero attached hydrogens (tertiary/aromatic N) is 2. The van der Waals surface area contributed by atoms with Gasteiger partial charge < -0.3 is 10.6 Å². The molecule has 2 aliphatic rings. The first-order chi connectivity index (χ1) is 11.7. The Labute approximate surface area is 151 Å². The molecule has 2 heterocycles. The average Bonchev–Trinajstić information content (AvgIpc) is 3.08. The molecular weight excluding hydrogens is 377 g/mol. The van der Waals surface area contributed by atoms with Gasteiger partial charge in [0.15, 0.2) is 5.96 Å². The molecule has 0 aromatic carbocycles. The smallest absolute Gasteiger partial charge is 0.356 e. The second kappa shape index (κ2) is 8.81. The maximum Gasteiger partial charge on any atom is 0.511 e. The summed E-state index contributed by atoms with van der Waals surface area (Å²) in [6, 6.07) is 0. The number of hydrogen-bond donors (Lipinski definition) is 2. The highest BCUT2D eigenvalue weighted by Crippen LogP contribution is 2.30. The molecular formula is C14H25F3N4O2S2. The van der Waals surface area contributed by atoms with Crippen molar-refractivity contribution in [2.75, 3.05) is 39.0 Å². The first-order valence-corrected chi connectivity index (χ1v) is 10.9. The van der Waals surface area contributed by atoms with E-state index >= 15 is 0 Å². The van der Waals surface area contributed by atoms with Gasteiger partial charge in [-0.1, -0.05) is 0 Å². The van der Waals surface area contributed by atoms with Gasteiger partial charge in [-0.25, -0.2) is 8.42 Å². The molecule has 2 aliphatic heterocycles. The highest BCUT2D eigenvalue weighted by molar-refractivity contribution is 8.00. The number of alkyl halides is 3. The molecule has 25 heavy (non-hydrogen) atoms. The molecule has 0 aliphatic carbocycles. The molecule has 11 heteroatoms. The van der Waals surface area contributed by atoms with E-state index in [1.54, 1.807) is 7.05 Å². The topological polar surface area (TPSA) is 73.8 Å². The van der Waals surface area contributed by atoms with Gasteiger partial charge >= 0.3 is 15.5 Å². The number of halogens is 3. The summed E-state index contributed by atoms with van der Waals surface area (Å²) >= 11 is 1.95. The number of piperidine rings is 1. The number of aliphatic imine (C=N–C) groups is 1. The summed E-state index contributed by atoms with van der Waals surface area (Å²) in [6.45, 7) is 1.21. The Kier molecular flexibility index (Phi) is 7.27. The third-order valence-electron chi connectivity index (χ3n) is 4.51. The van der Waals surface area contributed by atoms with Crippen molar-refractivity contribution < 1.29 is 21.6 Å². The van der Waals surface area contributed by atoms with Crippen LogP contribution in [-0.2, 0) is 10.0 Å². The molecule has 0 amide bonds. The lowest BCUT2D eigenvalue weighted by atomic mass is 9.98. The molecule has 0 aromatic heterocycles. The first-order valence-electron chi connectivity index (χ1n) is 8.36. The van der Waals surface area contributed by atoms with Crippen LogP contribution in [0.2, 0.25) is 0 Å². The number of nitrogens with one attached hydrogen (secondary N) is 2. The highest BCUT2D eigenvalue weighted by Gasteiger charge is 2.50. The summed E-state index contributed by atoms with van der Waals surface area (Å²) < 4.78 is 61.0. The number of sulfonamides is 1. The third-order valence-corrected chi connectivity index (χ3v) is 7.54. The van der Waals surface area contributed by atoms with Crippen LogP contribution >= 0.6 is 11.8 Å². The van der Waals surface area contributed by atoms with Crippen LogP contribution in [0.1, 0.15) is 25.7 Å². The molecule has 2 N–H and O–H groups in total. The van der Waals surface area contributed by atoms with E-state index in [0.717, 1.165) is 6.54 Å². The van der Waals surface area contributed by atoms with Gasteiger partial charge in [-0.05, 0) is 37.4 Å². The van der Waals surface area contributed by atoms with Crippen molar-refractivity contribution >= 4 is 27.7 Å². The van der Waals surface area contributed by atoms with Crippen LogP contribution < -0.4 is 10.6 Å². The Balaban J connectivity index is 1.72. The first kappa shape index (κ1) is 20.6. The van der Waals surface area contributed by atoms with Gasteiger partial charge in [0.25, 0.3) is 0 Å². The Morgan fingerprint density at radius 3 is 2.36 bits per heavy atom. The second-order valence-electron chi connectivity index (χ2n) is 6.26. The van der Waals surface area contributed by atoms with Crippen LogP contribution in [0.25, 0.3) is 0 Å². The lowest BCUT2D eigenvalue weighted by Gasteiger charge is -2.31. The molecule has 2 rings (SSSR count). The minimum atomic E-state index is -5.22. The van der Waals surface area contributed by atoms with Crippen LogP contribution in [-0.4, -0.2) is 68.4 Å². The normalized spacial score (nSPS) is 24.5. The minimum absolute atomic E-state index is 0.0983. The van der Waals surface area contributed by atoms with Gasteiger partial charge in [0, 0.05) is 38.5 Å². The molecule has 146 valence electrons. The average molecular weight is 403 g/mol. The van der Waals surface area contributed by atoms with Gasteiger partial charge in [0.1, 0.15) is 0 Å². The maximum atomic E-state index is 12.6. The zero-order valence-corrected chi connectivity index (χ0v) is 15.8. The van der Waals surface area contributed by atoms with E-state index in [0.29, 0.717) is 34.9 Å². The summed E-state index contributed by atoms with van der Waals surface area (Å²) in [6.07, 6.45) is 3.23. The molecule has 6 nitrogen and oxygen atoms in total. The quantitative estimate of drug-likeness (QED) is 0.540. The van der Waals surface area contributed by atoms with E-state index in [1.165, 1.54) is 18.6 Å². The van der Waals surface area contributed by atoms with Crippen molar-refractivity contribution in [3.05, 3.63) is 0 Å². The second-order valence-corrected chi connectivity index (χ2v) is 9.60. The van der Waals surface area contributed by atoms with Crippen molar-refractivity contribution in [3.63, 3.8) is 0 Å². The van der Waals surface area contributed by atoms with Gasteiger partial charge in [-0.2, -0.15) is 29.2 Å². The predicted octanol–water partition coefficient (Wildman–Crippen LogP) is 1.61. The molecule has 0 aromatic rings. The van der Waals surface area contributed by atoms with Crippen LogP contribution in [0.4, 0.5) is 13.2 Å². The van der Waals surface area contributed by atoms with E-state index < -0.39 is 15.5 Å². The highest BCUT2D eigenvalue weighted by atomic mass is 32.2. The zero-order valence-electron chi connectivity index (χ0n) is 14.2. The standard InChI is InChI=1S/C14H25F3N4O2S2/c1-18-13(20-10-12-3-2-8-24-12)19-9-11-4-6-21(7-5-11)25(22,23)14(15,16)17/h11-12H,2-10H2,1H3,(H2,18,19,20). The molecule has 2 fully saturated rings. The summed E-state index contributed by atoms with van der Waals surface area (Å²) in [5.74, 6) is 1.99. The Morgan fingerprint density at radius 2 is 1.84 bits per heavy atom. The fourth-order valence-corrected chi connectivity index (χ4v) is 5.16. The van der Waals surface area contributed by atoms with Crippen molar-refractivity contribution in [1.82, 2.24) is 14.9 Å². The van der Waals surface area contributed by atoms with E-state index in [4.69, 9.17) is 0 Å². The van der Waals surface area contributed by atoms with E-state index in [1.807, 2.05) is 11.8 Å². The summed E-state index contributed by atoms with van der Waals surface area (Å²) in [5.41, 5.74) is -5.22.